The molecule has 1 aromatic rings. The number of hydrogen-bond donors (Lipinski definition) is 2. The lowest BCUT2D eigenvalue weighted by molar-refractivity contribution is 0.145. The number of ether oxygens (including phenoxy) is 1. The molecule has 3 N–H and O–H groups in total. The van der Waals surface area contributed by atoms with E-state index in [0.717, 1.165) is 31.7 Å². The number of nitrogens with two attached hydrogens (primary N) is 1. The van der Waals surface area contributed by atoms with E-state index in [-0.39, 0.29) is 6.10 Å². The molecule has 0 unspecified atom stereocenters. The molecule has 0 saturated carbocycles. The summed E-state index contributed by atoms with van der Waals surface area (Å²) in [4.78, 5) is 10.4. The third-order valence-corrected chi connectivity index (χ3v) is 2.78. The quantitative estimate of drug-likeness (QED) is 0.754. The highest BCUT2D eigenvalue weighted by Gasteiger charge is 2.18. The van der Waals surface area contributed by atoms with E-state index in [4.69, 9.17) is 10.5 Å². The lowest BCUT2D eigenvalue weighted by atomic mass is 10.1. The monoisotopic (exact) mass is 238 g/mol. The van der Waals surface area contributed by atoms with Crippen LogP contribution in [0.15, 0.2) is 12.4 Å². The number of rotatable bonds is 4. The summed E-state index contributed by atoms with van der Waals surface area (Å²) in [6, 6.07) is 1.81. The molecule has 0 aliphatic carbocycles. The van der Waals surface area contributed by atoms with Gasteiger partial charge in [-0.2, -0.15) is 0 Å². The van der Waals surface area contributed by atoms with Gasteiger partial charge in [0.25, 0.3) is 0 Å². The number of piperidine rings is 1. The maximum Gasteiger partial charge on any atom is 0.218 e. The van der Waals surface area contributed by atoms with Crippen molar-refractivity contribution in [1.82, 2.24) is 9.97 Å². The van der Waals surface area contributed by atoms with Crippen LogP contribution in [0.25, 0.3) is 0 Å². The van der Waals surface area contributed by atoms with Crippen LogP contribution in [0.5, 0.6) is 5.88 Å². The molecule has 6 nitrogen and oxygen atoms in total. The van der Waals surface area contributed by atoms with Crippen molar-refractivity contribution in [3.8, 4) is 5.88 Å². The molecular weight excluding hydrogens is 220 g/mol. The van der Waals surface area contributed by atoms with E-state index in [0.29, 0.717) is 19.0 Å². The van der Waals surface area contributed by atoms with Gasteiger partial charge in [0, 0.05) is 25.7 Å². The van der Waals surface area contributed by atoms with Gasteiger partial charge in [-0.1, -0.05) is 0 Å². The van der Waals surface area contributed by atoms with Gasteiger partial charge in [0.1, 0.15) is 18.8 Å². The minimum absolute atomic E-state index is 0.180. The first-order valence-corrected chi connectivity index (χ1v) is 5.87. The molecule has 94 valence electrons. The fraction of sp³-hybridized carbons (Fsp3) is 0.636. The summed E-state index contributed by atoms with van der Waals surface area (Å²) in [5.74, 6) is 1.39. The van der Waals surface area contributed by atoms with Gasteiger partial charge in [-0.3, -0.25) is 0 Å². The molecule has 0 bridgehead atoms. The molecular formula is C11H18N4O2. The summed E-state index contributed by atoms with van der Waals surface area (Å²) in [6.45, 7) is 2.55. The normalized spacial score (nSPS) is 17.2. The Kier molecular flexibility index (Phi) is 4.11. The van der Waals surface area contributed by atoms with Crippen LogP contribution >= 0.6 is 0 Å². The fourth-order valence-electron chi connectivity index (χ4n) is 1.84. The van der Waals surface area contributed by atoms with Crippen molar-refractivity contribution in [2.45, 2.75) is 18.9 Å². The van der Waals surface area contributed by atoms with Crippen molar-refractivity contribution in [3.63, 3.8) is 0 Å². The Morgan fingerprint density at radius 3 is 2.88 bits per heavy atom. The fourth-order valence-corrected chi connectivity index (χ4v) is 1.84. The van der Waals surface area contributed by atoms with E-state index < -0.39 is 0 Å². The molecule has 2 rings (SSSR count). The van der Waals surface area contributed by atoms with Crippen LogP contribution in [0.2, 0.25) is 0 Å². The Balaban J connectivity index is 2.00. The predicted octanol–water partition coefficient (Wildman–Crippen LogP) is -0.225. The highest BCUT2D eigenvalue weighted by molar-refractivity contribution is 5.41. The van der Waals surface area contributed by atoms with Crippen molar-refractivity contribution >= 4 is 5.82 Å². The average Bonchev–Trinajstić information content (AvgIpc) is 2.37. The Morgan fingerprint density at radius 2 is 2.18 bits per heavy atom. The summed E-state index contributed by atoms with van der Waals surface area (Å²) in [7, 11) is 0. The average molecular weight is 238 g/mol. The van der Waals surface area contributed by atoms with E-state index in [1.165, 1.54) is 6.33 Å². The summed E-state index contributed by atoms with van der Waals surface area (Å²) in [6.07, 6.45) is 2.87. The minimum Gasteiger partial charge on any atom is -0.476 e. The highest BCUT2D eigenvalue weighted by Crippen LogP contribution is 2.20. The van der Waals surface area contributed by atoms with Gasteiger partial charge in [0.05, 0.1) is 6.10 Å². The van der Waals surface area contributed by atoms with Crippen LogP contribution in [0, 0.1) is 0 Å². The third kappa shape index (κ3) is 3.28. The van der Waals surface area contributed by atoms with E-state index in [1.807, 2.05) is 6.07 Å². The minimum atomic E-state index is -0.180. The molecule has 0 spiro atoms. The lowest BCUT2D eigenvalue weighted by Gasteiger charge is -2.30. The van der Waals surface area contributed by atoms with Gasteiger partial charge in [0.2, 0.25) is 5.88 Å². The van der Waals surface area contributed by atoms with E-state index in [2.05, 4.69) is 14.9 Å². The second kappa shape index (κ2) is 5.79. The van der Waals surface area contributed by atoms with Crippen LogP contribution in [-0.4, -0.2) is 47.4 Å². The van der Waals surface area contributed by atoms with Crippen LogP contribution in [0.4, 0.5) is 5.82 Å². The summed E-state index contributed by atoms with van der Waals surface area (Å²) in [5.41, 5.74) is 5.37. The Labute approximate surface area is 100 Å². The zero-order valence-corrected chi connectivity index (χ0v) is 9.75. The first-order valence-electron chi connectivity index (χ1n) is 5.87. The maximum absolute atomic E-state index is 9.45. The first kappa shape index (κ1) is 12.1. The number of anilines is 1. The Hall–Kier alpha value is -1.40. The van der Waals surface area contributed by atoms with Gasteiger partial charge in [-0.15, -0.1) is 0 Å². The number of hydrogen-bond acceptors (Lipinski definition) is 6. The van der Waals surface area contributed by atoms with Crippen molar-refractivity contribution in [2.75, 3.05) is 31.1 Å². The molecule has 0 amide bonds. The van der Waals surface area contributed by atoms with Crippen LogP contribution in [-0.2, 0) is 0 Å². The first-order chi connectivity index (χ1) is 8.29. The summed E-state index contributed by atoms with van der Waals surface area (Å²) in [5, 5.41) is 9.45. The maximum atomic E-state index is 9.45. The molecule has 2 heterocycles. The summed E-state index contributed by atoms with van der Waals surface area (Å²) >= 11 is 0. The zero-order chi connectivity index (χ0) is 12.1. The van der Waals surface area contributed by atoms with Crippen LogP contribution < -0.4 is 15.4 Å². The van der Waals surface area contributed by atoms with Crippen molar-refractivity contribution in [3.05, 3.63) is 12.4 Å². The zero-order valence-electron chi connectivity index (χ0n) is 9.75. The van der Waals surface area contributed by atoms with E-state index in [9.17, 15) is 5.11 Å². The standard InChI is InChI=1S/C11H18N4O2/c12-3-6-17-11-7-10(13-8-14-11)15-4-1-9(16)2-5-15/h7-9,16H,1-6,12H2. The number of nitrogens with zero attached hydrogens (tertiary/aromatic N) is 3. The van der Waals surface area contributed by atoms with Crippen molar-refractivity contribution in [1.29, 1.82) is 0 Å². The molecule has 0 aromatic carbocycles. The second-order valence-electron chi connectivity index (χ2n) is 4.07. The molecule has 0 atom stereocenters. The third-order valence-electron chi connectivity index (χ3n) is 2.78. The van der Waals surface area contributed by atoms with Crippen molar-refractivity contribution in [2.24, 2.45) is 5.73 Å². The van der Waals surface area contributed by atoms with E-state index >= 15 is 0 Å². The molecule has 17 heavy (non-hydrogen) atoms. The van der Waals surface area contributed by atoms with Gasteiger partial charge < -0.3 is 20.5 Å². The number of aliphatic hydroxyl groups excluding tert-OH is 1. The van der Waals surface area contributed by atoms with Gasteiger partial charge >= 0.3 is 0 Å². The molecule has 1 saturated heterocycles. The number of aromatic nitrogens is 2. The molecule has 1 fully saturated rings. The smallest absolute Gasteiger partial charge is 0.218 e. The van der Waals surface area contributed by atoms with Crippen molar-refractivity contribution < 1.29 is 9.84 Å². The predicted molar refractivity (Wildman–Crippen MR) is 64.0 cm³/mol. The second-order valence-corrected chi connectivity index (χ2v) is 4.07. The van der Waals surface area contributed by atoms with Gasteiger partial charge in [0.15, 0.2) is 0 Å². The molecule has 0 radical (unpaired) electrons. The van der Waals surface area contributed by atoms with E-state index in [1.54, 1.807) is 0 Å². The Bertz CT molecular complexity index is 353. The Morgan fingerprint density at radius 1 is 1.41 bits per heavy atom. The van der Waals surface area contributed by atoms with Crippen LogP contribution in [0.3, 0.4) is 0 Å². The largest absolute Gasteiger partial charge is 0.476 e. The van der Waals surface area contributed by atoms with Crippen LogP contribution in [0.1, 0.15) is 12.8 Å². The lowest BCUT2D eigenvalue weighted by Crippen LogP contribution is -2.36. The summed E-state index contributed by atoms with van der Waals surface area (Å²) < 4.78 is 5.36. The highest BCUT2D eigenvalue weighted by atomic mass is 16.5. The molecule has 6 heteroatoms. The van der Waals surface area contributed by atoms with Gasteiger partial charge in [-0.05, 0) is 12.8 Å². The topological polar surface area (TPSA) is 84.5 Å². The SMILES string of the molecule is NCCOc1cc(N2CCC(O)CC2)ncn1. The van der Waals surface area contributed by atoms with Gasteiger partial charge in [-0.25, -0.2) is 9.97 Å². The molecule has 1 aromatic heterocycles. The number of aliphatic hydroxyl groups is 1. The molecule has 1 aliphatic rings. The molecule has 1 aliphatic heterocycles.